The van der Waals surface area contributed by atoms with Crippen molar-refractivity contribution < 1.29 is 9.53 Å². The van der Waals surface area contributed by atoms with Gasteiger partial charge in [-0.2, -0.15) is 0 Å². The van der Waals surface area contributed by atoms with Crippen LogP contribution in [0.5, 0.6) is 0 Å². The molecule has 0 bridgehead atoms. The maximum Gasteiger partial charge on any atom is 0.354 e. The standard InChI is InChI=1S/C8H13NO2.C3H8/c1-4-6-7(9-3)8(10)11-5-2;1-3-2/h4,6,9H,1,5H2,2-3H3;3H2,1-2H3/b7-6-;. The molecule has 0 saturated heterocycles. The molecule has 0 saturated carbocycles. The van der Waals surface area contributed by atoms with Gasteiger partial charge >= 0.3 is 5.97 Å². The molecular weight excluding hydrogens is 178 g/mol. The van der Waals surface area contributed by atoms with E-state index >= 15 is 0 Å². The molecule has 0 atom stereocenters. The fourth-order valence-corrected chi connectivity index (χ4v) is 0.580. The first-order chi connectivity index (χ1) is 6.67. The quantitative estimate of drug-likeness (QED) is 0.429. The fraction of sp³-hybridized carbons (Fsp3) is 0.545. The monoisotopic (exact) mass is 199 g/mol. The number of rotatable bonds is 4. The van der Waals surface area contributed by atoms with E-state index in [2.05, 4.69) is 25.7 Å². The van der Waals surface area contributed by atoms with Crippen LogP contribution in [0, 0.1) is 0 Å². The van der Waals surface area contributed by atoms with Gasteiger partial charge in [0.15, 0.2) is 0 Å². The molecule has 0 aromatic heterocycles. The molecule has 0 aliphatic carbocycles. The number of carbonyl (C=O) groups excluding carboxylic acids is 1. The van der Waals surface area contributed by atoms with E-state index in [1.165, 1.54) is 12.5 Å². The molecule has 0 unspecified atom stereocenters. The van der Waals surface area contributed by atoms with Gasteiger partial charge in [0.05, 0.1) is 6.61 Å². The van der Waals surface area contributed by atoms with Crippen molar-refractivity contribution in [2.45, 2.75) is 27.2 Å². The second-order valence-corrected chi connectivity index (χ2v) is 2.49. The number of hydrogen-bond acceptors (Lipinski definition) is 3. The SMILES string of the molecule is C=C/C=C(\NC)C(=O)OCC.CCC. The first-order valence-electron chi connectivity index (χ1n) is 4.85. The number of nitrogens with one attached hydrogen (secondary N) is 1. The third kappa shape index (κ3) is 8.84. The number of esters is 1. The van der Waals surface area contributed by atoms with Crippen LogP contribution in [0.1, 0.15) is 27.2 Å². The zero-order valence-electron chi connectivity index (χ0n) is 9.59. The highest BCUT2D eigenvalue weighted by molar-refractivity contribution is 5.88. The van der Waals surface area contributed by atoms with Gasteiger partial charge in [-0.3, -0.25) is 0 Å². The van der Waals surface area contributed by atoms with Crippen LogP contribution in [0.15, 0.2) is 24.4 Å². The van der Waals surface area contributed by atoms with E-state index in [4.69, 9.17) is 4.74 Å². The van der Waals surface area contributed by atoms with E-state index in [0.29, 0.717) is 12.3 Å². The molecule has 0 aliphatic heterocycles. The van der Waals surface area contributed by atoms with Crippen molar-refractivity contribution in [1.82, 2.24) is 5.32 Å². The maximum atomic E-state index is 11.0. The highest BCUT2D eigenvalue weighted by atomic mass is 16.5. The van der Waals surface area contributed by atoms with Crippen LogP contribution in [-0.2, 0) is 9.53 Å². The average molecular weight is 199 g/mol. The van der Waals surface area contributed by atoms with Gasteiger partial charge in [-0.25, -0.2) is 4.79 Å². The van der Waals surface area contributed by atoms with Crippen molar-refractivity contribution >= 4 is 5.97 Å². The predicted molar refractivity (Wildman–Crippen MR) is 59.9 cm³/mol. The molecule has 82 valence electrons. The Morgan fingerprint density at radius 2 is 1.93 bits per heavy atom. The molecule has 14 heavy (non-hydrogen) atoms. The Hall–Kier alpha value is -1.25. The maximum absolute atomic E-state index is 11.0. The van der Waals surface area contributed by atoms with Crippen LogP contribution in [-0.4, -0.2) is 19.6 Å². The number of allylic oxidation sites excluding steroid dienone is 2. The van der Waals surface area contributed by atoms with Crippen LogP contribution in [0.3, 0.4) is 0 Å². The lowest BCUT2D eigenvalue weighted by Crippen LogP contribution is -2.18. The first-order valence-corrected chi connectivity index (χ1v) is 4.85. The molecule has 0 spiro atoms. The summed E-state index contributed by atoms with van der Waals surface area (Å²) >= 11 is 0. The Morgan fingerprint density at radius 1 is 1.43 bits per heavy atom. The number of hydrogen-bond donors (Lipinski definition) is 1. The summed E-state index contributed by atoms with van der Waals surface area (Å²) in [4.78, 5) is 11.0. The Balaban J connectivity index is 0. The molecular formula is C11H21NO2. The van der Waals surface area contributed by atoms with E-state index in [0.717, 1.165) is 0 Å². The van der Waals surface area contributed by atoms with E-state index in [1.807, 2.05) is 0 Å². The summed E-state index contributed by atoms with van der Waals surface area (Å²) in [7, 11) is 1.66. The predicted octanol–water partition coefficient (Wildman–Crippen LogP) is 2.26. The minimum Gasteiger partial charge on any atom is -0.461 e. The normalized spacial score (nSPS) is 9.57. The second-order valence-electron chi connectivity index (χ2n) is 2.49. The minimum absolute atomic E-state index is 0.352. The average Bonchev–Trinajstić information content (AvgIpc) is 2.15. The Kier molecular flexibility index (Phi) is 12.8. The Labute approximate surface area is 86.8 Å². The Bertz CT molecular complexity index is 186. The molecule has 0 aromatic carbocycles. The van der Waals surface area contributed by atoms with Gasteiger partial charge in [-0.15, -0.1) is 0 Å². The van der Waals surface area contributed by atoms with E-state index in [-0.39, 0.29) is 5.97 Å². The van der Waals surface area contributed by atoms with Gasteiger partial charge in [0.25, 0.3) is 0 Å². The molecule has 0 aromatic rings. The second kappa shape index (κ2) is 11.8. The van der Waals surface area contributed by atoms with Gasteiger partial charge in [-0.05, 0) is 13.0 Å². The van der Waals surface area contributed by atoms with Gasteiger partial charge in [-0.1, -0.05) is 32.9 Å². The smallest absolute Gasteiger partial charge is 0.354 e. The molecule has 0 radical (unpaired) electrons. The first kappa shape index (κ1) is 15.2. The van der Waals surface area contributed by atoms with Crippen molar-refractivity contribution in [3.05, 3.63) is 24.4 Å². The summed E-state index contributed by atoms with van der Waals surface area (Å²) in [5.74, 6) is -0.352. The van der Waals surface area contributed by atoms with E-state index in [9.17, 15) is 4.79 Å². The summed E-state index contributed by atoms with van der Waals surface area (Å²) < 4.78 is 4.73. The molecule has 0 fully saturated rings. The van der Waals surface area contributed by atoms with Crippen LogP contribution in [0.2, 0.25) is 0 Å². The molecule has 0 aliphatic rings. The Morgan fingerprint density at radius 3 is 2.21 bits per heavy atom. The van der Waals surface area contributed by atoms with Crippen molar-refractivity contribution in [3.63, 3.8) is 0 Å². The topological polar surface area (TPSA) is 38.3 Å². The molecule has 3 nitrogen and oxygen atoms in total. The van der Waals surface area contributed by atoms with Crippen LogP contribution in [0.4, 0.5) is 0 Å². The molecule has 0 heterocycles. The van der Waals surface area contributed by atoms with Crippen LogP contribution < -0.4 is 5.32 Å². The molecule has 0 rings (SSSR count). The number of likely N-dealkylation sites (N-methyl/N-ethyl adjacent to an activating group) is 1. The van der Waals surface area contributed by atoms with Crippen molar-refractivity contribution in [1.29, 1.82) is 0 Å². The highest BCUT2D eigenvalue weighted by Gasteiger charge is 2.05. The van der Waals surface area contributed by atoms with Crippen LogP contribution >= 0.6 is 0 Å². The summed E-state index contributed by atoms with van der Waals surface area (Å²) in [6.45, 7) is 9.86. The zero-order valence-corrected chi connectivity index (χ0v) is 9.59. The van der Waals surface area contributed by atoms with E-state index in [1.54, 1.807) is 20.0 Å². The lowest BCUT2D eigenvalue weighted by Gasteiger charge is -2.03. The summed E-state index contributed by atoms with van der Waals surface area (Å²) in [5.41, 5.74) is 0.418. The zero-order chi connectivity index (χ0) is 11.4. The van der Waals surface area contributed by atoms with Gasteiger partial charge in [0.2, 0.25) is 0 Å². The summed E-state index contributed by atoms with van der Waals surface area (Å²) in [6.07, 6.45) is 4.35. The van der Waals surface area contributed by atoms with Gasteiger partial charge in [0.1, 0.15) is 5.70 Å². The molecule has 0 amide bonds. The lowest BCUT2D eigenvalue weighted by molar-refractivity contribution is -0.138. The summed E-state index contributed by atoms with van der Waals surface area (Å²) in [6, 6.07) is 0. The largest absolute Gasteiger partial charge is 0.461 e. The van der Waals surface area contributed by atoms with Crippen molar-refractivity contribution in [2.24, 2.45) is 0 Å². The lowest BCUT2D eigenvalue weighted by atomic mass is 10.4. The molecule has 3 heteroatoms. The third-order valence-corrected chi connectivity index (χ3v) is 1.05. The van der Waals surface area contributed by atoms with Gasteiger partial charge < -0.3 is 10.1 Å². The van der Waals surface area contributed by atoms with Crippen molar-refractivity contribution in [2.75, 3.05) is 13.7 Å². The minimum atomic E-state index is -0.352. The highest BCUT2D eigenvalue weighted by Crippen LogP contribution is 1.92. The number of carbonyl (C=O) groups is 1. The van der Waals surface area contributed by atoms with E-state index < -0.39 is 0 Å². The molecule has 1 N–H and O–H groups in total. The number of ether oxygens (including phenoxy) is 1. The third-order valence-electron chi connectivity index (χ3n) is 1.05. The fourth-order valence-electron chi connectivity index (χ4n) is 0.580. The van der Waals surface area contributed by atoms with Gasteiger partial charge in [0, 0.05) is 7.05 Å². The van der Waals surface area contributed by atoms with Crippen LogP contribution in [0.25, 0.3) is 0 Å². The van der Waals surface area contributed by atoms with Crippen molar-refractivity contribution in [3.8, 4) is 0 Å². The summed E-state index contributed by atoms with van der Waals surface area (Å²) in [5, 5.41) is 2.70.